The molecule has 20 heavy (non-hydrogen) atoms. The minimum absolute atomic E-state index is 0.00727. The molecule has 4 nitrogen and oxygen atoms in total. The molecule has 0 aliphatic heterocycles. The Balaban J connectivity index is 2.05. The summed E-state index contributed by atoms with van der Waals surface area (Å²) in [6.45, 7) is 2.25. The maximum Gasteiger partial charge on any atom is 0.264 e. The Hall–Kier alpha value is -0.430. The molecule has 1 aromatic rings. The second kappa shape index (κ2) is 5.40. The fourth-order valence-electron chi connectivity index (χ4n) is 3.32. The number of hydrogen-bond donors (Lipinski definition) is 1. The van der Waals surface area contributed by atoms with Gasteiger partial charge in [-0.1, -0.05) is 13.3 Å². The van der Waals surface area contributed by atoms with E-state index >= 15 is 0 Å². The molecule has 2 aliphatic carbocycles. The van der Waals surface area contributed by atoms with Gasteiger partial charge in [-0.2, -0.15) is 0 Å². The number of aromatic amines is 1. The minimum atomic E-state index is -0.398. The number of H-pyrrole nitrogens is 1. The van der Waals surface area contributed by atoms with Crippen LogP contribution in [0.4, 0.5) is 0 Å². The van der Waals surface area contributed by atoms with Gasteiger partial charge in [0.2, 0.25) is 0 Å². The second-order valence-electron chi connectivity index (χ2n) is 6.29. The number of nitrogens with one attached hydrogen (secondary N) is 1. The number of halogens is 1. The Morgan fingerprint density at radius 3 is 2.75 bits per heavy atom. The summed E-state index contributed by atoms with van der Waals surface area (Å²) < 4.78 is 6.60. The molecular weight excluding hydrogens is 367 g/mol. The number of methoxy groups -OCH3 is 1. The van der Waals surface area contributed by atoms with Crippen LogP contribution in [-0.2, 0) is 10.3 Å². The van der Waals surface area contributed by atoms with Crippen LogP contribution >= 0.6 is 22.6 Å². The Kier molecular flexibility index (Phi) is 3.92. The summed E-state index contributed by atoms with van der Waals surface area (Å²) in [5, 5.41) is 0. The van der Waals surface area contributed by atoms with E-state index in [-0.39, 0.29) is 5.56 Å². The van der Waals surface area contributed by atoms with E-state index in [4.69, 9.17) is 9.72 Å². The molecule has 0 radical (unpaired) electrons. The van der Waals surface area contributed by atoms with E-state index in [0.29, 0.717) is 11.8 Å². The molecule has 2 atom stereocenters. The van der Waals surface area contributed by atoms with E-state index in [2.05, 4.69) is 34.5 Å². The fraction of sp³-hybridized carbons (Fsp3) is 0.733. The van der Waals surface area contributed by atoms with Gasteiger partial charge < -0.3 is 9.72 Å². The lowest BCUT2D eigenvalue weighted by molar-refractivity contribution is -0.0649. The molecule has 0 saturated heterocycles. The van der Waals surface area contributed by atoms with Gasteiger partial charge in [0.25, 0.3) is 5.56 Å². The van der Waals surface area contributed by atoms with E-state index in [1.807, 2.05) is 0 Å². The zero-order valence-corrected chi connectivity index (χ0v) is 14.2. The molecule has 1 heterocycles. The van der Waals surface area contributed by atoms with Crippen LogP contribution in [0.5, 0.6) is 0 Å². The van der Waals surface area contributed by atoms with Gasteiger partial charge in [0.15, 0.2) is 0 Å². The summed E-state index contributed by atoms with van der Waals surface area (Å²) in [6.07, 6.45) is 6.56. The number of hydrogen-bond acceptors (Lipinski definition) is 3. The van der Waals surface area contributed by atoms with Gasteiger partial charge >= 0.3 is 0 Å². The Morgan fingerprint density at radius 2 is 2.15 bits per heavy atom. The van der Waals surface area contributed by atoms with E-state index in [9.17, 15) is 4.79 Å². The van der Waals surface area contributed by atoms with Crippen LogP contribution in [0.2, 0.25) is 0 Å². The third-order valence-electron chi connectivity index (χ3n) is 4.63. The highest BCUT2D eigenvalue weighted by atomic mass is 127. The molecule has 2 aliphatic rings. The van der Waals surface area contributed by atoms with Crippen molar-refractivity contribution in [1.82, 2.24) is 9.97 Å². The fourth-order valence-corrected chi connectivity index (χ4v) is 4.02. The lowest BCUT2D eigenvalue weighted by Crippen LogP contribution is -2.38. The van der Waals surface area contributed by atoms with Crippen LogP contribution in [0.1, 0.15) is 62.9 Å². The molecule has 2 fully saturated rings. The standard InChI is InChI=1S/C15H21IN2O2/c1-9-4-3-7-15(8-9,20-2)14-17-12(10-5-6-10)11(16)13(19)18-14/h9-10H,3-8H2,1-2H3,(H,17,18,19). The van der Waals surface area contributed by atoms with Crippen molar-refractivity contribution in [3.05, 3.63) is 25.4 Å². The van der Waals surface area contributed by atoms with Crippen molar-refractivity contribution in [2.45, 2.75) is 57.0 Å². The monoisotopic (exact) mass is 388 g/mol. The first-order valence-corrected chi connectivity index (χ1v) is 8.49. The Labute approximate surface area is 132 Å². The number of nitrogens with zero attached hydrogens (tertiary/aromatic N) is 1. The molecule has 0 aromatic carbocycles. The van der Waals surface area contributed by atoms with Crippen molar-refractivity contribution in [2.24, 2.45) is 5.92 Å². The average molecular weight is 388 g/mol. The zero-order valence-electron chi connectivity index (χ0n) is 12.0. The van der Waals surface area contributed by atoms with Crippen molar-refractivity contribution in [2.75, 3.05) is 7.11 Å². The van der Waals surface area contributed by atoms with Gasteiger partial charge in [-0.25, -0.2) is 4.98 Å². The lowest BCUT2D eigenvalue weighted by atomic mass is 9.78. The SMILES string of the molecule is COC1(c2nc(C3CC3)c(I)c(=O)[nH]2)CCCC(C)C1. The molecule has 0 amide bonds. The van der Waals surface area contributed by atoms with Gasteiger partial charge in [0.1, 0.15) is 11.4 Å². The molecular formula is C15H21IN2O2. The van der Waals surface area contributed by atoms with E-state index in [1.165, 1.54) is 6.42 Å². The molecule has 5 heteroatoms. The lowest BCUT2D eigenvalue weighted by Gasteiger charge is -2.38. The van der Waals surface area contributed by atoms with Crippen molar-refractivity contribution in [3.8, 4) is 0 Å². The van der Waals surface area contributed by atoms with Crippen molar-refractivity contribution in [1.29, 1.82) is 0 Å². The summed E-state index contributed by atoms with van der Waals surface area (Å²) in [4.78, 5) is 20.0. The van der Waals surface area contributed by atoms with Crippen molar-refractivity contribution >= 4 is 22.6 Å². The highest BCUT2D eigenvalue weighted by Crippen LogP contribution is 2.43. The topological polar surface area (TPSA) is 55.0 Å². The molecule has 1 N–H and O–H groups in total. The summed E-state index contributed by atoms with van der Waals surface area (Å²) in [5.74, 6) is 1.84. The predicted octanol–water partition coefficient (Wildman–Crippen LogP) is 3.30. The largest absolute Gasteiger partial charge is 0.370 e. The van der Waals surface area contributed by atoms with Crippen LogP contribution in [0.15, 0.2) is 4.79 Å². The first-order valence-electron chi connectivity index (χ1n) is 7.41. The second-order valence-corrected chi connectivity index (χ2v) is 7.37. The normalized spacial score (nSPS) is 30.4. The maximum absolute atomic E-state index is 12.2. The zero-order chi connectivity index (χ0) is 14.3. The quantitative estimate of drug-likeness (QED) is 0.809. The Morgan fingerprint density at radius 1 is 1.40 bits per heavy atom. The average Bonchev–Trinajstić information content (AvgIpc) is 3.26. The summed E-state index contributed by atoms with van der Waals surface area (Å²) in [5.41, 5.74) is 0.580. The van der Waals surface area contributed by atoms with Gasteiger partial charge in [-0.15, -0.1) is 0 Å². The predicted molar refractivity (Wildman–Crippen MR) is 85.9 cm³/mol. The minimum Gasteiger partial charge on any atom is -0.370 e. The van der Waals surface area contributed by atoms with Crippen LogP contribution in [0.25, 0.3) is 0 Å². The third kappa shape index (κ3) is 2.54. The van der Waals surface area contributed by atoms with E-state index in [1.54, 1.807) is 7.11 Å². The van der Waals surface area contributed by atoms with Crippen LogP contribution in [0.3, 0.4) is 0 Å². The first kappa shape index (κ1) is 14.5. The third-order valence-corrected chi connectivity index (χ3v) is 5.67. The molecule has 0 spiro atoms. The molecule has 1 aromatic heterocycles. The molecule has 0 bridgehead atoms. The summed E-state index contributed by atoms with van der Waals surface area (Å²) in [7, 11) is 1.74. The number of aromatic nitrogens is 2. The highest BCUT2D eigenvalue weighted by Gasteiger charge is 2.40. The molecule has 110 valence electrons. The van der Waals surface area contributed by atoms with Crippen LogP contribution < -0.4 is 5.56 Å². The number of rotatable bonds is 3. The maximum atomic E-state index is 12.2. The molecule has 2 unspecified atom stereocenters. The van der Waals surface area contributed by atoms with Gasteiger partial charge in [-0.3, -0.25) is 4.79 Å². The smallest absolute Gasteiger partial charge is 0.264 e. The van der Waals surface area contributed by atoms with Gasteiger partial charge in [-0.05, 0) is 60.6 Å². The summed E-state index contributed by atoms with van der Waals surface area (Å²) in [6, 6.07) is 0. The molecule has 2 saturated carbocycles. The van der Waals surface area contributed by atoms with Crippen molar-refractivity contribution < 1.29 is 4.74 Å². The Bertz CT molecular complexity index is 567. The van der Waals surface area contributed by atoms with Gasteiger partial charge in [0.05, 0.1) is 9.26 Å². The number of ether oxygens (including phenoxy) is 1. The van der Waals surface area contributed by atoms with Crippen LogP contribution in [-0.4, -0.2) is 17.1 Å². The molecule has 3 rings (SSSR count). The highest BCUT2D eigenvalue weighted by molar-refractivity contribution is 14.1. The van der Waals surface area contributed by atoms with E-state index < -0.39 is 5.60 Å². The van der Waals surface area contributed by atoms with E-state index in [0.717, 1.165) is 47.2 Å². The van der Waals surface area contributed by atoms with Crippen molar-refractivity contribution in [3.63, 3.8) is 0 Å². The summed E-state index contributed by atoms with van der Waals surface area (Å²) >= 11 is 2.12. The van der Waals surface area contributed by atoms with Crippen LogP contribution in [0, 0.1) is 9.49 Å². The first-order chi connectivity index (χ1) is 9.55. The van der Waals surface area contributed by atoms with Gasteiger partial charge in [0, 0.05) is 13.0 Å².